The molecule has 0 unspecified atom stereocenters. The Morgan fingerprint density at radius 1 is 1.61 bits per heavy atom. The first-order valence-electron chi connectivity index (χ1n) is 5.57. The van der Waals surface area contributed by atoms with Gasteiger partial charge < -0.3 is 20.5 Å². The Kier molecular flexibility index (Phi) is 5.20. The Morgan fingerprint density at radius 2 is 2.33 bits per heavy atom. The Labute approximate surface area is 106 Å². The minimum Gasteiger partial charge on any atom is -0.508 e. The molecule has 0 aliphatic heterocycles. The number of anilines is 1. The fourth-order valence-electron chi connectivity index (χ4n) is 1.53. The molecule has 0 aliphatic rings. The van der Waals surface area contributed by atoms with E-state index in [1.54, 1.807) is 18.1 Å². The molecule has 0 bridgehead atoms. The van der Waals surface area contributed by atoms with Crippen LogP contribution in [0.4, 0.5) is 5.69 Å². The van der Waals surface area contributed by atoms with E-state index < -0.39 is 0 Å². The first-order valence-corrected chi connectivity index (χ1v) is 5.57. The quantitative estimate of drug-likeness (QED) is 0.452. The van der Waals surface area contributed by atoms with Gasteiger partial charge in [-0.15, -0.1) is 6.58 Å². The number of hydrogen-bond acceptors (Lipinski definition) is 4. The zero-order chi connectivity index (χ0) is 13.5. The van der Waals surface area contributed by atoms with Crippen LogP contribution in [-0.2, 0) is 4.74 Å². The summed E-state index contributed by atoms with van der Waals surface area (Å²) in [6.45, 7) is 4.88. The van der Waals surface area contributed by atoms with Crippen LogP contribution in [0.5, 0.6) is 5.75 Å². The molecule has 1 rings (SSSR count). The smallest absolute Gasteiger partial charge is 0.256 e. The summed E-state index contributed by atoms with van der Waals surface area (Å²) in [5.41, 5.74) is 6.36. The van der Waals surface area contributed by atoms with E-state index in [0.717, 1.165) is 0 Å². The van der Waals surface area contributed by atoms with E-state index in [2.05, 4.69) is 6.58 Å². The van der Waals surface area contributed by atoms with E-state index >= 15 is 0 Å². The lowest BCUT2D eigenvalue weighted by atomic mass is 10.1. The highest BCUT2D eigenvalue weighted by Crippen LogP contribution is 2.20. The number of ether oxygens (including phenoxy) is 1. The number of phenols is 1. The second-order valence-corrected chi connectivity index (χ2v) is 3.80. The highest BCUT2D eigenvalue weighted by molar-refractivity contribution is 5.99. The number of carbonyl (C=O) groups is 1. The Bertz CT molecular complexity index is 432. The molecule has 0 saturated carbocycles. The van der Waals surface area contributed by atoms with E-state index in [4.69, 9.17) is 10.5 Å². The van der Waals surface area contributed by atoms with Crippen molar-refractivity contribution in [1.82, 2.24) is 4.90 Å². The maximum atomic E-state index is 12.2. The predicted octanol–water partition coefficient (Wildman–Crippen LogP) is 1.25. The van der Waals surface area contributed by atoms with Crippen LogP contribution in [0.2, 0.25) is 0 Å². The predicted molar refractivity (Wildman–Crippen MR) is 70.5 cm³/mol. The lowest BCUT2D eigenvalue weighted by Gasteiger charge is -2.21. The van der Waals surface area contributed by atoms with Gasteiger partial charge in [-0.05, 0) is 18.2 Å². The minimum atomic E-state index is -0.250. The lowest BCUT2D eigenvalue weighted by molar-refractivity contribution is 0.0719. The molecule has 0 aromatic heterocycles. The molecule has 0 atom stereocenters. The van der Waals surface area contributed by atoms with Gasteiger partial charge in [-0.1, -0.05) is 6.08 Å². The molecule has 0 heterocycles. The third kappa shape index (κ3) is 3.49. The van der Waals surface area contributed by atoms with Gasteiger partial charge in [-0.2, -0.15) is 0 Å². The van der Waals surface area contributed by atoms with E-state index in [9.17, 15) is 9.90 Å². The topological polar surface area (TPSA) is 75.8 Å². The van der Waals surface area contributed by atoms with Gasteiger partial charge in [0.2, 0.25) is 0 Å². The van der Waals surface area contributed by atoms with Crippen molar-refractivity contribution in [3.8, 4) is 5.75 Å². The molecule has 1 aromatic rings. The van der Waals surface area contributed by atoms with E-state index in [1.807, 2.05) is 0 Å². The monoisotopic (exact) mass is 250 g/mol. The van der Waals surface area contributed by atoms with Crippen molar-refractivity contribution in [2.45, 2.75) is 0 Å². The van der Waals surface area contributed by atoms with E-state index in [-0.39, 0.29) is 17.2 Å². The van der Waals surface area contributed by atoms with Gasteiger partial charge in [0.1, 0.15) is 5.75 Å². The lowest BCUT2D eigenvalue weighted by Crippen LogP contribution is -2.34. The molecule has 18 heavy (non-hydrogen) atoms. The van der Waals surface area contributed by atoms with Crippen LogP contribution >= 0.6 is 0 Å². The molecule has 5 nitrogen and oxygen atoms in total. The highest BCUT2D eigenvalue weighted by atomic mass is 16.5. The van der Waals surface area contributed by atoms with Crippen LogP contribution < -0.4 is 5.73 Å². The first kappa shape index (κ1) is 14.1. The average molecular weight is 250 g/mol. The highest BCUT2D eigenvalue weighted by Gasteiger charge is 2.17. The fourth-order valence-corrected chi connectivity index (χ4v) is 1.53. The van der Waals surface area contributed by atoms with Crippen LogP contribution in [0.3, 0.4) is 0 Å². The van der Waals surface area contributed by atoms with E-state index in [0.29, 0.717) is 25.4 Å². The van der Waals surface area contributed by atoms with Gasteiger partial charge in [0.15, 0.2) is 0 Å². The third-order valence-electron chi connectivity index (χ3n) is 2.47. The van der Waals surface area contributed by atoms with Crippen LogP contribution in [0.25, 0.3) is 0 Å². The van der Waals surface area contributed by atoms with Crippen molar-refractivity contribution in [2.24, 2.45) is 0 Å². The number of carbonyl (C=O) groups excluding carboxylic acids is 1. The number of nitrogen functional groups attached to an aromatic ring is 1. The molecular formula is C13H18N2O3. The van der Waals surface area contributed by atoms with Gasteiger partial charge in [0.05, 0.1) is 12.2 Å². The van der Waals surface area contributed by atoms with Gasteiger partial charge in [0, 0.05) is 25.9 Å². The van der Waals surface area contributed by atoms with Gasteiger partial charge in [-0.25, -0.2) is 0 Å². The number of nitrogens with two attached hydrogens (primary N) is 1. The first-order chi connectivity index (χ1) is 8.60. The minimum absolute atomic E-state index is 0.0119. The van der Waals surface area contributed by atoms with Gasteiger partial charge in [-0.3, -0.25) is 4.79 Å². The molecule has 0 saturated heterocycles. The maximum absolute atomic E-state index is 12.2. The molecule has 0 spiro atoms. The SMILES string of the molecule is C=CCN(CCOC)C(=O)c1cc(O)ccc1N. The summed E-state index contributed by atoms with van der Waals surface area (Å²) in [6.07, 6.45) is 1.63. The van der Waals surface area contributed by atoms with Crippen molar-refractivity contribution in [1.29, 1.82) is 0 Å². The summed E-state index contributed by atoms with van der Waals surface area (Å²) >= 11 is 0. The number of amides is 1. The molecule has 1 amide bonds. The van der Waals surface area contributed by atoms with Gasteiger partial charge in [0.25, 0.3) is 5.91 Å². The molecule has 98 valence electrons. The summed E-state index contributed by atoms with van der Waals surface area (Å²) in [7, 11) is 1.57. The molecular weight excluding hydrogens is 232 g/mol. The summed E-state index contributed by atoms with van der Waals surface area (Å²) < 4.78 is 4.95. The van der Waals surface area contributed by atoms with Crippen molar-refractivity contribution in [2.75, 3.05) is 32.5 Å². The van der Waals surface area contributed by atoms with E-state index in [1.165, 1.54) is 18.2 Å². The number of rotatable bonds is 6. The normalized spacial score (nSPS) is 10.1. The standard InChI is InChI=1S/C13H18N2O3/c1-3-6-15(7-8-18-2)13(17)11-9-10(16)4-5-12(11)14/h3-5,9,16H,1,6-8,14H2,2H3. The molecule has 0 radical (unpaired) electrons. The van der Waals surface area contributed by atoms with Crippen molar-refractivity contribution < 1.29 is 14.6 Å². The largest absolute Gasteiger partial charge is 0.508 e. The van der Waals surface area contributed by atoms with Crippen LogP contribution in [0.1, 0.15) is 10.4 Å². The zero-order valence-electron chi connectivity index (χ0n) is 10.4. The van der Waals surface area contributed by atoms with Crippen molar-refractivity contribution in [3.63, 3.8) is 0 Å². The second-order valence-electron chi connectivity index (χ2n) is 3.80. The maximum Gasteiger partial charge on any atom is 0.256 e. The second kappa shape index (κ2) is 6.66. The number of benzene rings is 1. The number of aromatic hydroxyl groups is 1. The summed E-state index contributed by atoms with van der Waals surface area (Å²) in [5.74, 6) is -0.238. The van der Waals surface area contributed by atoms with Gasteiger partial charge >= 0.3 is 0 Å². The zero-order valence-corrected chi connectivity index (χ0v) is 10.4. The molecule has 3 N–H and O–H groups in total. The fraction of sp³-hybridized carbons (Fsp3) is 0.308. The number of methoxy groups -OCH3 is 1. The third-order valence-corrected chi connectivity index (χ3v) is 2.47. The number of nitrogens with zero attached hydrogens (tertiary/aromatic N) is 1. The summed E-state index contributed by atoms with van der Waals surface area (Å²) in [5, 5.41) is 9.40. The molecule has 1 aromatic carbocycles. The molecule has 0 fully saturated rings. The Balaban J connectivity index is 2.93. The summed E-state index contributed by atoms with van der Waals surface area (Å²) in [4.78, 5) is 13.8. The Morgan fingerprint density at radius 3 is 2.94 bits per heavy atom. The van der Waals surface area contributed by atoms with Crippen molar-refractivity contribution in [3.05, 3.63) is 36.4 Å². The van der Waals surface area contributed by atoms with Crippen LogP contribution in [0.15, 0.2) is 30.9 Å². The average Bonchev–Trinajstić information content (AvgIpc) is 2.36. The Hall–Kier alpha value is -2.01. The number of phenolic OH excluding ortho intramolecular Hbond substituents is 1. The number of hydrogen-bond donors (Lipinski definition) is 2. The molecule has 5 heteroatoms. The summed E-state index contributed by atoms with van der Waals surface area (Å²) in [6, 6.07) is 4.31. The van der Waals surface area contributed by atoms with Crippen LogP contribution in [0, 0.1) is 0 Å². The van der Waals surface area contributed by atoms with Crippen LogP contribution in [-0.4, -0.2) is 42.7 Å². The molecule has 0 aliphatic carbocycles. The van der Waals surface area contributed by atoms with Crippen molar-refractivity contribution >= 4 is 11.6 Å².